The smallest absolute Gasteiger partial charge is 0.176 e. The molecule has 8 heteroatoms. The quantitative estimate of drug-likeness (QED) is 0.552. The first-order valence-electron chi connectivity index (χ1n) is 9.31. The first-order valence-corrected chi connectivity index (χ1v) is 10.1. The Balaban J connectivity index is 1.49. The molecule has 3 aromatic heterocycles. The zero-order valence-electron chi connectivity index (χ0n) is 15.5. The normalized spacial score (nSPS) is 16.2. The molecule has 5 rings (SSSR count). The van der Waals surface area contributed by atoms with E-state index in [1.54, 1.807) is 24.8 Å². The predicted molar refractivity (Wildman–Crippen MR) is 109 cm³/mol. The van der Waals surface area contributed by atoms with E-state index in [0.717, 1.165) is 47.1 Å². The molecule has 0 radical (unpaired) electrons. The summed E-state index contributed by atoms with van der Waals surface area (Å²) >= 11 is 1.68. The van der Waals surface area contributed by atoms with Gasteiger partial charge in [0.15, 0.2) is 5.82 Å². The van der Waals surface area contributed by atoms with Crippen LogP contribution in [0.15, 0.2) is 42.7 Å². The van der Waals surface area contributed by atoms with Gasteiger partial charge in [0.25, 0.3) is 0 Å². The summed E-state index contributed by atoms with van der Waals surface area (Å²) in [6, 6.07) is 12.6. The average Bonchev–Trinajstić information content (AvgIpc) is 3.34. The lowest BCUT2D eigenvalue weighted by atomic mass is 10.1. The van der Waals surface area contributed by atoms with E-state index >= 15 is 0 Å². The van der Waals surface area contributed by atoms with E-state index in [1.165, 1.54) is 10.4 Å². The number of aromatic nitrogens is 5. The molecule has 0 amide bonds. The number of rotatable bonds is 5. The Bertz CT molecular complexity index is 1110. The maximum absolute atomic E-state index is 5.18. The highest BCUT2D eigenvalue weighted by atomic mass is 32.1. The zero-order valence-corrected chi connectivity index (χ0v) is 16.3. The standard InChI is InChI=1S/C20H20N6OS/c1-27-11-17-24-19-15(8-5-9-26(19)25-17)23-18-14-10-16(13-6-3-2-4-7-13)28-20(14)22-12-21-18/h2-4,6-7,10,12,15H,5,8-9,11H2,1H3,(H,21,22,23). The second-order valence-electron chi connectivity index (χ2n) is 6.80. The van der Waals surface area contributed by atoms with Gasteiger partial charge in [0.05, 0.1) is 11.4 Å². The molecule has 1 N–H and O–H groups in total. The van der Waals surface area contributed by atoms with Crippen LogP contribution in [0.25, 0.3) is 20.7 Å². The van der Waals surface area contributed by atoms with E-state index in [2.05, 4.69) is 55.7 Å². The number of thiophene rings is 1. The Labute approximate surface area is 166 Å². The van der Waals surface area contributed by atoms with Gasteiger partial charge in [-0.15, -0.1) is 11.3 Å². The Morgan fingerprint density at radius 1 is 1.25 bits per heavy atom. The molecule has 28 heavy (non-hydrogen) atoms. The van der Waals surface area contributed by atoms with Crippen molar-refractivity contribution in [3.8, 4) is 10.4 Å². The Morgan fingerprint density at radius 3 is 3.00 bits per heavy atom. The van der Waals surface area contributed by atoms with Crippen molar-refractivity contribution in [2.45, 2.75) is 32.0 Å². The monoisotopic (exact) mass is 392 g/mol. The van der Waals surface area contributed by atoms with Crippen LogP contribution in [0.1, 0.15) is 30.5 Å². The van der Waals surface area contributed by atoms with E-state index < -0.39 is 0 Å². The van der Waals surface area contributed by atoms with Gasteiger partial charge in [0.1, 0.15) is 29.4 Å². The molecule has 0 saturated carbocycles. The van der Waals surface area contributed by atoms with E-state index in [-0.39, 0.29) is 6.04 Å². The number of ether oxygens (including phenoxy) is 1. The summed E-state index contributed by atoms with van der Waals surface area (Å²) in [6.07, 6.45) is 3.67. The molecule has 0 aliphatic carbocycles. The summed E-state index contributed by atoms with van der Waals surface area (Å²) in [5.74, 6) is 2.52. The minimum Gasteiger partial charge on any atom is -0.377 e. The number of nitrogens with one attached hydrogen (secondary N) is 1. The summed E-state index contributed by atoms with van der Waals surface area (Å²) in [5.41, 5.74) is 1.19. The molecular formula is C20H20N6OS. The van der Waals surface area contributed by atoms with Crippen LogP contribution in [-0.4, -0.2) is 31.8 Å². The van der Waals surface area contributed by atoms with Gasteiger partial charge in [0.2, 0.25) is 0 Å². The molecular weight excluding hydrogens is 372 g/mol. The van der Waals surface area contributed by atoms with Crippen LogP contribution in [0, 0.1) is 0 Å². The highest BCUT2D eigenvalue weighted by Gasteiger charge is 2.25. The first-order chi connectivity index (χ1) is 13.8. The lowest BCUT2D eigenvalue weighted by molar-refractivity contribution is 0.177. The second kappa shape index (κ2) is 7.29. The molecule has 0 bridgehead atoms. The van der Waals surface area contributed by atoms with Crippen LogP contribution in [0.3, 0.4) is 0 Å². The minimum absolute atomic E-state index is 0.0741. The number of anilines is 1. The topological polar surface area (TPSA) is 77.8 Å². The van der Waals surface area contributed by atoms with E-state index in [9.17, 15) is 0 Å². The third kappa shape index (κ3) is 3.14. The van der Waals surface area contributed by atoms with Crippen molar-refractivity contribution >= 4 is 27.4 Å². The SMILES string of the molecule is COCc1nc2n(n1)CCCC2Nc1ncnc2sc(-c3ccccc3)cc12. The van der Waals surface area contributed by atoms with Crippen molar-refractivity contribution in [2.75, 3.05) is 12.4 Å². The van der Waals surface area contributed by atoms with Crippen molar-refractivity contribution in [1.82, 2.24) is 24.7 Å². The highest BCUT2D eigenvalue weighted by Crippen LogP contribution is 2.36. The fourth-order valence-electron chi connectivity index (χ4n) is 3.61. The number of fused-ring (bicyclic) bond motifs is 2. The number of benzene rings is 1. The Kier molecular flexibility index (Phi) is 4.50. The largest absolute Gasteiger partial charge is 0.377 e. The van der Waals surface area contributed by atoms with Crippen LogP contribution >= 0.6 is 11.3 Å². The number of aryl methyl sites for hydroxylation is 1. The fraction of sp³-hybridized carbons (Fsp3) is 0.300. The van der Waals surface area contributed by atoms with E-state index in [0.29, 0.717) is 6.61 Å². The molecule has 7 nitrogen and oxygen atoms in total. The van der Waals surface area contributed by atoms with Crippen molar-refractivity contribution in [1.29, 1.82) is 0 Å². The molecule has 0 saturated heterocycles. The maximum Gasteiger partial charge on any atom is 0.176 e. The molecule has 1 aliphatic rings. The molecule has 142 valence electrons. The Hall–Kier alpha value is -2.84. The van der Waals surface area contributed by atoms with Crippen LogP contribution in [0.2, 0.25) is 0 Å². The van der Waals surface area contributed by atoms with E-state index in [4.69, 9.17) is 4.74 Å². The van der Waals surface area contributed by atoms with Crippen molar-refractivity contribution in [2.24, 2.45) is 0 Å². The molecule has 4 heterocycles. The summed E-state index contributed by atoms with van der Waals surface area (Å²) in [6.45, 7) is 1.31. The summed E-state index contributed by atoms with van der Waals surface area (Å²) in [4.78, 5) is 15.8. The van der Waals surface area contributed by atoms with Crippen molar-refractivity contribution < 1.29 is 4.74 Å². The number of hydrogen-bond donors (Lipinski definition) is 1. The summed E-state index contributed by atoms with van der Waals surface area (Å²) in [5, 5.41) is 9.18. The molecule has 1 unspecified atom stereocenters. The van der Waals surface area contributed by atoms with Crippen LogP contribution in [0.5, 0.6) is 0 Å². The van der Waals surface area contributed by atoms with E-state index in [1.807, 2.05) is 10.7 Å². The summed E-state index contributed by atoms with van der Waals surface area (Å²) < 4.78 is 7.17. The van der Waals surface area contributed by atoms with Gasteiger partial charge in [-0.05, 0) is 24.5 Å². The molecule has 0 fully saturated rings. The highest BCUT2D eigenvalue weighted by molar-refractivity contribution is 7.21. The third-order valence-electron chi connectivity index (χ3n) is 4.89. The van der Waals surface area contributed by atoms with Crippen LogP contribution in [-0.2, 0) is 17.9 Å². The van der Waals surface area contributed by atoms with Gasteiger partial charge >= 0.3 is 0 Å². The van der Waals surface area contributed by atoms with Gasteiger partial charge in [-0.1, -0.05) is 30.3 Å². The number of methoxy groups -OCH3 is 1. The lowest BCUT2D eigenvalue weighted by Gasteiger charge is -2.23. The van der Waals surface area contributed by atoms with Gasteiger partial charge in [-0.25, -0.2) is 19.6 Å². The lowest BCUT2D eigenvalue weighted by Crippen LogP contribution is -2.23. The molecule has 1 aromatic carbocycles. The van der Waals surface area contributed by atoms with Gasteiger partial charge in [0, 0.05) is 18.5 Å². The zero-order chi connectivity index (χ0) is 18.9. The number of hydrogen-bond acceptors (Lipinski definition) is 7. The first kappa shape index (κ1) is 17.3. The average molecular weight is 392 g/mol. The number of nitrogens with zero attached hydrogens (tertiary/aromatic N) is 5. The molecule has 1 aliphatic heterocycles. The van der Waals surface area contributed by atoms with Crippen molar-refractivity contribution in [3.63, 3.8) is 0 Å². The van der Waals surface area contributed by atoms with Crippen molar-refractivity contribution in [3.05, 3.63) is 54.4 Å². The van der Waals surface area contributed by atoms with Gasteiger partial charge in [-0.2, -0.15) is 5.10 Å². The second-order valence-corrected chi connectivity index (χ2v) is 7.83. The van der Waals surface area contributed by atoms with Gasteiger partial charge < -0.3 is 10.1 Å². The fourth-order valence-corrected chi connectivity index (χ4v) is 4.61. The third-order valence-corrected chi connectivity index (χ3v) is 5.98. The molecule has 4 aromatic rings. The molecule has 0 spiro atoms. The maximum atomic E-state index is 5.18. The molecule has 1 atom stereocenters. The Morgan fingerprint density at radius 2 is 2.14 bits per heavy atom. The van der Waals surface area contributed by atoms with Crippen LogP contribution < -0.4 is 5.32 Å². The summed E-state index contributed by atoms with van der Waals surface area (Å²) in [7, 11) is 1.66. The van der Waals surface area contributed by atoms with Gasteiger partial charge in [-0.3, -0.25) is 0 Å². The predicted octanol–water partition coefficient (Wildman–Crippen LogP) is 4.04. The minimum atomic E-state index is 0.0741. The van der Waals surface area contributed by atoms with Crippen LogP contribution in [0.4, 0.5) is 5.82 Å².